The molecule has 0 spiro atoms. The predicted octanol–water partition coefficient (Wildman–Crippen LogP) is 4.56. The second kappa shape index (κ2) is 9.80. The van der Waals surface area contributed by atoms with Crippen molar-refractivity contribution in [2.24, 2.45) is 0 Å². The molecule has 30 heavy (non-hydrogen) atoms. The van der Waals surface area contributed by atoms with Crippen molar-refractivity contribution in [3.8, 4) is 0 Å². The van der Waals surface area contributed by atoms with Crippen molar-refractivity contribution < 1.29 is 18.5 Å². The van der Waals surface area contributed by atoms with Gasteiger partial charge in [-0.25, -0.2) is 18.3 Å². The van der Waals surface area contributed by atoms with Crippen LogP contribution in [0.3, 0.4) is 0 Å². The normalized spacial score (nSPS) is 14.5. The van der Waals surface area contributed by atoms with Crippen LogP contribution in [0.4, 0.5) is 5.69 Å². The van der Waals surface area contributed by atoms with Crippen LogP contribution >= 0.6 is 34.8 Å². The largest absolute Gasteiger partial charge is 0.316 e. The molecule has 0 amide bonds. The Hall–Kier alpha value is -1.42. The fraction of sp³-hybridized carbons (Fsp3) is 0.368. The average molecular weight is 494 g/mol. The molecule has 11 heteroatoms. The number of sulfonamides is 1. The minimum absolute atomic E-state index is 0.0102. The number of benzene rings is 2. The van der Waals surface area contributed by atoms with Gasteiger partial charge in [0.15, 0.2) is 0 Å². The number of halogens is 3. The number of hydrogen-bond donors (Lipinski definition) is 2. The third-order valence-corrected chi connectivity index (χ3v) is 7.89. The minimum atomic E-state index is -3.79. The van der Waals surface area contributed by atoms with E-state index in [1.165, 1.54) is 17.7 Å². The van der Waals surface area contributed by atoms with Crippen molar-refractivity contribution in [2.45, 2.75) is 30.7 Å². The van der Waals surface area contributed by atoms with Gasteiger partial charge in [0, 0.05) is 31.8 Å². The molecule has 0 aromatic heterocycles. The van der Waals surface area contributed by atoms with Gasteiger partial charge in [-0.2, -0.15) is 0 Å². The molecule has 0 radical (unpaired) electrons. The molecule has 3 rings (SSSR count). The molecule has 0 saturated heterocycles. The van der Waals surface area contributed by atoms with Gasteiger partial charge in [-0.15, -0.1) is 0 Å². The maximum Gasteiger partial charge on any atom is 0.316 e. The lowest BCUT2D eigenvalue weighted by atomic mass is 9.99. The van der Waals surface area contributed by atoms with Crippen molar-refractivity contribution in [1.29, 1.82) is 0 Å². The number of nitrogens with one attached hydrogen (secondary N) is 1. The molecule has 7 nitrogen and oxygen atoms in total. The van der Waals surface area contributed by atoms with E-state index in [4.69, 9.17) is 40.0 Å². The van der Waals surface area contributed by atoms with E-state index in [-0.39, 0.29) is 37.1 Å². The second-order valence-electron chi connectivity index (χ2n) is 7.03. The summed E-state index contributed by atoms with van der Waals surface area (Å²) in [6.07, 6.45) is 2.30. The molecule has 0 saturated carbocycles. The molecule has 1 aliphatic rings. The molecule has 0 aliphatic carbocycles. The molecule has 2 aromatic rings. The Morgan fingerprint density at radius 2 is 1.83 bits per heavy atom. The first-order valence-electron chi connectivity index (χ1n) is 9.32. The predicted molar refractivity (Wildman–Crippen MR) is 116 cm³/mol. The summed E-state index contributed by atoms with van der Waals surface area (Å²) in [7, 11) is -3.79. The van der Waals surface area contributed by atoms with E-state index < -0.39 is 10.0 Å². The summed E-state index contributed by atoms with van der Waals surface area (Å²) in [4.78, 5) is 13.1. The van der Waals surface area contributed by atoms with Gasteiger partial charge in [0.2, 0.25) is 10.0 Å². The Balaban J connectivity index is 1.48. The third kappa shape index (κ3) is 5.43. The molecule has 0 unspecified atom stereocenters. The van der Waals surface area contributed by atoms with Crippen LogP contribution in [-0.4, -0.2) is 43.1 Å². The quantitative estimate of drug-likeness (QED) is 0.320. The first kappa shape index (κ1) is 23.2. The highest BCUT2D eigenvalue weighted by molar-refractivity contribution is 7.89. The summed E-state index contributed by atoms with van der Waals surface area (Å²) in [5.74, 6) is 0. The molecule has 1 aliphatic heterocycles. The van der Waals surface area contributed by atoms with Gasteiger partial charge in [0.05, 0.1) is 20.0 Å². The molecule has 1 heterocycles. The minimum Gasteiger partial charge on any atom is -0.299 e. The van der Waals surface area contributed by atoms with E-state index >= 15 is 0 Å². The summed E-state index contributed by atoms with van der Waals surface area (Å²) in [6, 6.07) is 7.89. The van der Waals surface area contributed by atoms with E-state index in [9.17, 15) is 13.3 Å². The first-order chi connectivity index (χ1) is 14.2. The summed E-state index contributed by atoms with van der Waals surface area (Å²) in [5, 5.41) is 9.18. The summed E-state index contributed by atoms with van der Waals surface area (Å²) in [5.41, 5.74) is 2.40. The van der Waals surface area contributed by atoms with Gasteiger partial charge in [0.25, 0.3) is 4.92 Å². The van der Waals surface area contributed by atoms with Gasteiger partial charge in [-0.05, 0) is 49.1 Å². The van der Waals surface area contributed by atoms with E-state index in [1.807, 2.05) is 6.07 Å². The molecular formula is C19H21Cl3N3O4S+. The van der Waals surface area contributed by atoms with Crippen LogP contribution in [0.2, 0.25) is 15.1 Å². The SMILES string of the molecule is O=[N+](O)c1ccc2c(c1)CN(CCCCNS(=O)(=O)c1ccc(Cl)c(Cl)c1Cl)CC2. The molecule has 0 fully saturated rings. The maximum atomic E-state index is 12.4. The van der Waals surface area contributed by atoms with E-state index in [2.05, 4.69) is 9.62 Å². The van der Waals surface area contributed by atoms with Gasteiger partial charge in [-0.1, -0.05) is 40.9 Å². The lowest BCUT2D eigenvalue weighted by Crippen LogP contribution is -2.32. The molecule has 2 N–H and O–H groups in total. The van der Waals surface area contributed by atoms with Crippen molar-refractivity contribution in [2.75, 3.05) is 19.6 Å². The summed E-state index contributed by atoms with van der Waals surface area (Å²) >= 11 is 17.8. The number of nitrogens with zero attached hydrogens (tertiary/aromatic N) is 2. The van der Waals surface area contributed by atoms with E-state index in [1.54, 1.807) is 12.1 Å². The number of hydrogen-bond acceptors (Lipinski definition) is 4. The topological polar surface area (TPSA) is 89.7 Å². The lowest BCUT2D eigenvalue weighted by Gasteiger charge is -2.28. The third-order valence-electron chi connectivity index (χ3n) is 4.98. The van der Waals surface area contributed by atoms with Crippen LogP contribution < -0.4 is 4.72 Å². The van der Waals surface area contributed by atoms with Gasteiger partial charge >= 0.3 is 5.69 Å². The zero-order valence-corrected chi connectivity index (χ0v) is 19.0. The van der Waals surface area contributed by atoms with E-state index in [0.717, 1.165) is 31.5 Å². The van der Waals surface area contributed by atoms with Crippen molar-refractivity contribution >= 4 is 50.5 Å². The Morgan fingerprint density at radius 3 is 2.57 bits per heavy atom. The second-order valence-corrected chi connectivity index (χ2v) is 9.93. The van der Waals surface area contributed by atoms with E-state index in [0.29, 0.717) is 13.0 Å². The fourth-order valence-corrected chi connectivity index (χ4v) is 5.42. The maximum absolute atomic E-state index is 12.4. The number of rotatable bonds is 8. The highest BCUT2D eigenvalue weighted by Gasteiger charge is 2.22. The molecular weight excluding hydrogens is 473 g/mol. The lowest BCUT2D eigenvalue weighted by molar-refractivity contribution is -0.729. The zero-order valence-electron chi connectivity index (χ0n) is 15.9. The van der Waals surface area contributed by atoms with Crippen molar-refractivity contribution in [3.05, 3.63) is 61.4 Å². The van der Waals surface area contributed by atoms with Crippen LogP contribution in [-0.2, 0) is 23.0 Å². The molecule has 0 bridgehead atoms. The number of unbranched alkanes of at least 4 members (excludes halogenated alkanes) is 1. The summed E-state index contributed by atoms with van der Waals surface area (Å²) < 4.78 is 27.4. The van der Waals surface area contributed by atoms with Crippen molar-refractivity contribution in [3.63, 3.8) is 0 Å². The number of fused-ring (bicyclic) bond motifs is 1. The Kier molecular flexibility index (Phi) is 7.60. The molecule has 2 aromatic carbocycles. The molecule has 162 valence electrons. The fourth-order valence-electron chi connectivity index (χ4n) is 3.37. The zero-order chi connectivity index (χ0) is 21.9. The van der Waals surface area contributed by atoms with Gasteiger partial charge in [-0.3, -0.25) is 4.90 Å². The van der Waals surface area contributed by atoms with Gasteiger partial charge < -0.3 is 0 Å². The van der Waals surface area contributed by atoms with Crippen LogP contribution in [0.1, 0.15) is 24.0 Å². The highest BCUT2D eigenvalue weighted by Crippen LogP contribution is 2.34. The van der Waals surface area contributed by atoms with Crippen LogP contribution in [0.15, 0.2) is 35.2 Å². The van der Waals surface area contributed by atoms with Crippen LogP contribution in [0.5, 0.6) is 0 Å². The highest BCUT2D eigenvalue weighted by atomic mass is 35.5. The average Bonchev–Trinajstić information content (AvgIpc) is 2.71. The summed E-state index contributed by atoms with van der Waals surface area (Å²) in [6.45, 7) is 2.63. The van der Waals surface area contributed by atoms with Gasteiger partial charge in [0.1, 0.15) is 4.90 Å². The Bertz CT molecular complexity index is 1060. The smallest absolute Gasteiger partial charge is 0.299 e. The van der Waals surface area contributed by atoms with Crippen LogP contribution in [0, 0.1) is 4.91 Å². The van der Waals surface area contributed by atoms with Crippen molar-refractivity contribution in [1.82, 2.24) is 9.62 Å². The monoisotopic (exact) mass is 492 g/mol. The first-order valence-corrected chi connectivity index (χ1v) is 11.9. The standard InChI is InChI=1S/C19H21Cl3N3O4S/c20-16-5-6-17(19(22)18(16)21)30(28,29)23-8-1-2-9-24-10-7-13-3-4-15(25(26)27)11-14(13)12-24/h3-6,11,23H,1-2,7-10,12H2,(H,26,27)/q+1. The Labute approximate surface area is 190 Å². The molecule has 0 atom stereocenters. The van der Waals surface area contributed by atoms with Crippen LogP contribution in [0.25, 0.3) is 0 Å². The Morgan fingerprint density at radius 1 is 1.07 bits per heavy atom.